The van der Waals surface area contributed by atoms with Gasteiger partial charge in [-0.1, -0.05) is 0 Å². The number of fused-ring (bicyclic) bond motifs is 1. The van der Waals surface area contributed by atoms with Gasteiger partial charge in [-0.15, -0.1) is 0 Å². The first-order valence-electron chi connectivity index (χ1n) is 13.3. The van der Waals surface area contributed by atoms with Gasteiger partial charge in [0.25, 0.3) is 0 Å². The molecule has 0 radical (unpaired) electrons. The average Bonchev–Trinajstić information content (AvgIpc) is 2.83. The van der Waals surface area contributed by atoms with Gasteiger partial charge in [0.2, 0.25) is 0 Å². The van der Waals surface area contributed by atoms with Crippen LogP contribution in [0.25, 0.3) is 11.4 Å². The number of morpholine rings is 1. The van der Waals surface area contributed by atoms with Crippen LogP contribution in [-0.4, -0.2) is 71.5 Å². The first-order chi connectivity index (χ1) is 17.9. The van der Waals surface area contributed by atoms with Crippen LogP contribution in [0.15, 0.2) is 24.3 Å². The highest BCUT2D eigenvalue weighted by Gasteiger charge is 2.43. The first kappa shape index (κ1) is 27.6. The van der Waals surface area contributed by atoms with Gasteiger partial charge >= 0.3 is 12.1 Å². The average molecular weight is 525 g/mol. The first-order valence-corrected chi connectivity index (χ1v) is 13.3. The summed E-state index contributed by atoms with van der Waals surface area (Å²) < 4.78 is 11.4. The number of hydrogen-bond donors (Lipinski definition) is 2. The van der Waals surface area contributed by atoms with E-state index in [-0.39, 0.29) is 18.2 Å². The van der Waals surface area contributed by atoms with Crippen molar-refractivity contribution in [1.29, 1.82) is 0 Å². The fraction of sp³-hybridized carbons (Fsp3) is 0.571. The van der Waals surface area contributed by atoms with E-state index < -0.39 is 11.1 Å². The minimum atomic E-state index is -0.711. The third-order valence-corrected chi connectivity index (χ3v) is 6.82. The Morgan fingerprint density at radius 2 is 1.87 bits per heavy atom. The van der Waals surface area contributed by atoms with Crippen molar-refractivity contribution in [1.82, 2.24) is 20.2 Å². The molecule has 1 fully saturated rings. The molecule has 1 saturated heterocycles. The number of amides is 3. The molecule has 1 atom stereocenters. The second-order valence-corrected chi connectivity index (χ2v) is 11.3. The quantitative estimate of drug-likeness (QED) is 0.604. The molecule has 0 unspecified atom stereocenters. The van der Waals surface area contributed by atoms with E-state index in [2.05, 4.69) is 22.5 Å². The molecule has 2 N–H and O–H groups in total. The van der Waals surface area contributed by atoms with Crippen molar-refractivity contribution in [3.63, 3.8) is 0 Å². The summed E-state index contributed by atoms with van der Waals surface area (Å²) in [5.74, 6) is 1.46. The summed E-state index contributed by atoms with van der Waals surface area (Å²) in [7, 11) is 0. The lowest BCUT2D eigenvalue weighted by Gasteiger charge is -2.45. The lowest BCUT2D eigenvalue weighted by Crippen LogP contribution is -2.53. The fourth-order valence-corrected chi connectivity index (χ4v) is 4.92. The third-order valence-electron chi connectivity index (χ3n) is 6.82. The van der Waals surface area contributed by atoms with Crippen molar-refractivity contribution in [2.75, 3.05) is 43.1 Å². The van der Waals surface area contributed by atoms with Crippen molar-refractivity contribution >= 4 is 23.6 Å². The van der Waals surface area contributed by atoms with Crippen molar-refractivity contribution < 1.29 is 19.1 Å². The highest BCUT2D eigenvalue weighted by molar-refractivity contribution is 5.89. The van der Waals surface area contributed by atoms with Crippen LogP contribution in [0.4, 0.5) is 21.1 Å². The largest absolute Gasteiger partial charge is 0.444 e. The maximum absolute atomic E-state index is 13.2. The van der Waals surface area contributed by atoms with Crippen LogP contribution < -0.4 is 15.5 Å². The molecule has 206 valence electrons. The Balaban J connectivity index is 1.76. The highest BCUT2D eigenvalue weighted by Crippen LogP contribution is 2.40. The van der Waals surface area contributed by atoms with E-state index >= 15 is 0 Å². The van der Waals surface area contributed by atoms with Gasteiger partial charge in [-0.2, -0.15) is 0 Å². The number of benzene rings is 1. The topological polar surface area (TPSA) is 109 Å². The number of hydrogen-bond acceptors (Lipinski definition) is 7. The molecule has 10 nitrogen and oxygen atoms in total. The Morgan fingerprint density at radius 3 is 2.50 bits per heavy atom. The van der Waals surface area contributed by atoms with Crippen LogP contribution >= 0.6 is 0 Å². The van der Waals surface area contributed by atoms with Gasteiger partial charge in [0.05, 0.1) is 30.5 Å². The molecule has 0 bridgehead atoms. The smallest absolute Gasteiger partial charge is 0.411 e. The maximum Gasteiger partial charge on any atom is 0.411 e. The van der Waals surface area contributed by atoms with Crippen molar-refractivity contribution in [3.8, 4) is 11.4 Å². The maximum atomic E-state index is 13.2. The number of rotatable bonds is 4. The van der Waals surface area contributed by atoms with E-state index in [9.17, 15) is 9.59 Å². The molecule has 4 rings (SSSR count). The van der Waals surface area contributed by atoms with Crippen LogP contribution in [0.3, 0.4) is 0 Å². The number of nitrogens with zero attached hydrogens (tertiary/aromatic N) is 4. The number of nitrogens with one attached hydrogen (secondary N) is 2. The van der Waals surface area contributed by atoms with E-state index in [1.54, 1.807) is 4.90 Å². The van der Waals surface area contributed by atoms with Crippen LogP contribution in [-0.2, 0) is 21.4 Å². The van der Waals surface area contributed by atoms with Gasteiger partial charge in [0.15, 0.2) is 5.82 Å². The lowest BCUT2D eigenvalue weighted by molar-refractivity contribution is -0.00133. The Kier molecular flexibility index (Phi) is 7.83. The van der Waals surface area contributed by atoms with E-state index in [1.807, 2.05) is 65.8 Å². The number of aromatic nitrogens is 2. The number of carbonyl (C=O) groups is 2. The van der Waals surface area contributed by atoms with Crippen LogP contribution in [0, 0.1) is 0 Å². The third kappa shape index (κ3) is 5.85. The summed E-state index contributed by atoms with van der Waals surface area (Å²) in [6.45, 7) is 16.7. The van der Waals surface area contributed by atoms with E-state index in [0.29, 0.717) is 44.2 Å². The predicted molar refractivity (Wildman–Crippen MR) is 147 cm³/mol. The van der Waals surface area contributed by atoms with Gasteiger partial charge in [-0.3, -0.25) is 4.90 Å². The Bertz CT molecular complexity index is 1180. The fourth-order valence-electron chi connectivity index (χ4n) is 4.92. The minimum absolute atomic E-state index is 0.159. The Morgan fingerprint density at radius 1 is 1.16 bits per heavy atom. The molecule has 38 heavy (non-hydrogen) atoms. The molecule has 2 aliphatic heterocycles. The van der Waals surface area contributed by atoms with Crippen LogP contribution in [0.2, 0.25) is 0 Å². The molecule has 2 aromatic rings. The second-order valence-electron chi connectivity index (χ2n) is 11.3. The van der Waals surface area contributed by atoms with Gasteiger partial charge < -0.3 is 25.0 Å². The lowest BCUT2D eigenvalue weighted by atomic mass is 9.87. The summed E-state index contributed by atoms with van der Waals surface area (Å²) in [5.41, 5.74) is 2.07. The zero-order chi connectivity index (χ0) is 27.7. The predicted octanol–water partition coefficient (Wildman–Crippen LogP) is 4.54. The van der Waals surface area contributed by atoms with Gasteiger partial charge in [0, 0.05) is 36.4 Å². The number of ether oxygens (including phenoxy) is 2. The summed E-state index contributed by atoms with van der Waals surface area (Å²) >= 11 is 0. The molecule has 1 aromatic heterocycles. The Labute approximate surface area is 225 Å². The molecular weight excluding hydrogens is 484 g/mol. The molecular formula is C28H40N6O4. The van der Waals surface area contributed by atoms with Crippen molar-refractivity contribution in [2.24, 2.45) is 0 Å². The molecule has 0 spiro atoms. The molecule has 3 heterocycles. The van der Waals surface area contributed by atoms with Gasteiger partial charge in [-0.05, 0) is 79.2 Å². The minimum Gasteiger partial charge on any atom is -0.444 e. The van der Waals surface area contributed by atoms with Gasteiger partial charge in [-0.25, -0.2) is 19.6 Å². The van der Waals surface area contributed by atoms with Crippen molar-refractivity contribution in [3.05, 3.63) is 35.5 Å². The molecule has 2 aliphatic rings. The number of urea groups is 1. The molecule has 0 saturated carbocycles. The Hall–Kier alpha value is -3.40. The van der Waals surface area contributed by atoms with Gasteiger partial charge in [0.1, 0.15) is 11.4 Å². The van der Waals surface area contributed by atoms with Crippen LogP contribution in [0.5, 0.6) is 0 Å². The number of anilines is 2. The zero-order valence-electron chi connectivity index (χ0n) is 23.6. The molecule has 1 aromatic carbocycles. The highest BCUT2D eigenvalue weighted by atomic mass is 16.6. The number of carbonyl (C=O) groups excluding carboxylic acids is 2. The van der Waals surface area contributed by atoms with Crippen molar-refractivity contribution in [2.45, 2.75) is 72.1 Å². The standard InChI is InChI=1S/C28H40N6O4/c1-8-29-25(35)30-20-11-9-19(10-12-20)23-31-22-21(24(32-23)33-15-16-37-17-18(33)2)13-14-34(28(22,6)7)26(36)38-27(3,4)5/h9-12,18H,8,13-17H2,1-7H3,(H2,29,30,35)/t18-/m0/s1. The summed E-state index contributed by atoms with van der Waals surface area (Å²) in [5, 5.41) is 5.54. The van der Waals surface area contributed by atoms with E-state index in [4.69, 9.17) is 19.4 Å². The molecule has 3 amide bonds. The monoisotopic (exact) mass is 524 g/mol. The molecule has 0 aliphatic carbocycles. The summed E-state index contributed by atoms with van der Waals surface area (Å²) in [6, 6.07) is 7.38. The van der Waals surface area contributed by atoms with Crippen LogP contribution in [0.1, 0.15) is 59.7 Å². The van der Waals surface area contributed by atoms with E-state index in [0.717, 1.165) is 29.2 Å². The zero-order valence-corrected chi connectivity index (χ0v) is 23.6. The normalized spacial score (nSPS) is 19.0. The SMILES string of the molecule is CCNC(=O)Nc1ccc(-c2nc(N3CCOC[C@@H]3C)c3c(n2)C(C)(C)N(C(=O)OC(C)(C)C)CC3)cc1. The van der Waals surface area contributed by atoms with E-state index in [1.165, 1.54) is 0 Å². The summed E-state index contributed by atoms with van der Waals surface area (Å²) in [4.78, 5) is 39.3. The second kappa shape index (κ2) is 10.8. The summed E-state index contributed by atoms with van der Waals surface area (Å²) in [6.07, 6.45) is 0.281. The molecule has 10 heteroatoms.